The molecule has 0 fully saturated rings. The molecule has 0 aliphatic heterocycles. The van der Waals surface area contributed by atoms with Crippen molar-refractivity contribution in [3.05, 3.63) is 17.5 Å². The first-order valence-electron chi connectivity index (χ1n) is 6.26. The highest BCUT2D eigenvalue weighted by atomic mass is 32.2. The molecule has 1 atom stereocenters. The number of rotatable bonds is 8. The maximum Gasteiger partial charge on any atom is 0.0624 e. The third-order valence-electron chi connectivity index (χ3n) is 2.75. The van der Waals surface area contributed by atoms with Gasteiger partial charge in [-0.15, -0.1) is 0 Å². The summed E-state index contributed by atoms with van der Waals surface area (Å²) in [6, 6.07) is 2.50. The van der Waals surface area contributed by atoms with Gasteiger partial charge in [-0.05, 0) is 24.7 Å². The Hall–Kier alpha value is -0.520. The van der Waals surface area contributed by atoms with Gasteiger partial charge in [0.1, 0.15) is 0 Å². The zero-order chi connectivity index (χ0) is 12.7. The molecule has 0 saturated heterocycles. The SMILES string of the molecule is CCCSCC(Cc1cc(CC)nn1C)NN. The number of hydrazine groups is 1. The number of aromatic nitrogens is 2. The minimum Gasteiger partial charge on any atom is -0.272 e. The van der Waals surface area contributed by atoms with E-state index in [0.717, 1.165) is 24.3 Å². The summed E-state index contributed by atoms with van der Waals surface area (Å²) in [6.07, 6.45) is 3.14. The first-order valence-corrected chi connectivity index (χ1v) is 7.42. The molecule has 17 heavy (non-hydrogen) atoms. The normalized spacial score (nSPS) is 12.9. The summed E-state index contributed by atoms with van der Waals surface area (Å²) in [5.74, 6) is 7.85. The van der Waals surface area contributed by atoms with Crippen LogP contribution in [0.15, 0.2) is 6.07 Å². The van der Waals surface area contributed by atoms with Crippen molar-refractivity contribution in [3.63, 3.8) is 0 Å². The molecule has 1 aromatic rings. The van der Waals surface area contributed by atoms with Gasteiger partial charge in [0.15, 0.2) is 0 Å². The Morgan fingerprint density at radius 2 is 2.29 bits per heavy atom. The number of aryl methyl sites for hydroxylation is 2. The third-order valence-corrected chi connectivity index (χ3v) is 4.08. The number of thioether (sulfide) groups is 1. The van der Waals surface area contributed by atoms with Gasteiger partial charge in [-0.25, -0.2) is 0 Å². The molecule has 0 bridgehead atoms. The second-order valence-electron chi connectivity index (χ2n) is 4.25. The van der Waals surface area contributed by atoms with Gasteiger partial charge in [-0.1, -0.05) is 13.8 Å². The molecule has 1 unspecified atom stereocenters. The molecule has 1 aromatic heterocycles. The lowest BCUT2D eigenvalue weighted by Gasteiger charge is -2.15. The number of hydrogen-bond acceptors (Lipinski definition) is 4. The Labute approximate surface area is 108 Å². The first-order chi connectivity index (χ1) is 8.21. The van der Waals surface area contributed by atoms with Crippen LogP contribution in [0.2, 0.25) is 0 Å². The van der Waals surface area contributed by atoms with Crippen LogP contribution in [0, 0.1) is 0 Å². The van der Waals surface area contributed by atoms with Gasteiger partial charge in [-0.2, -0.15) is 16.9 Å². The Balaban J connectivity index is 2.51. The van der Waals surface area contributed by atoms with E-state index in [0.29, 0.717) is 6.04 Å². The molecule has 0 radical (unpaired) electrons. The number of nitrogens with zero attached hydrogens (tertiary/aromatic N) is 2. The molecule has 0 amide bonds. The van der Waals surface area contributed by atoms with Crippen LogP contribution >= 0.6 is 11.8 Å². The van der Waals surface area contributed by atoms with Gasteiger partial charge >= 0.3 is 0 Å². The lowest BCUT2D eigenvalue weighted by atomic mass is 10.2. The van der Waals surface area contributed by atoms with E-state index in [9.17, 15) is 0 Å². The Morgan fingerprint density at radius 3 is 2.82 bits per heavy atom. The fraction of sp³-hybridized carbons (Fsp3) is 0.750. The van der Waals surface area contributed by atoms with Crippen molar-refractivity contribution in [2.45, 2.75) is 39.2 Å². The van der Waals surface area contributed by atoms with Crippen molar-refractivity contribution < 1.29 is 0 Å². The molecule has 0 saturated carbocycles. The summed E-state index contributed by atoms with van der Waals surface area (Å²) in [5, 5.41) is 4.45. The molecule has 0 aliphatic rings. The molecule has 0 aliphatic carbocycles. The molecule has 5 heteroatoms. The number of nitrogens with one attached hydrogen (secondary N) is 1. The Morgan fingerprint density at radius 1 is 1.53 bits per heavy atom. The van der Waals surface area contributed by atoms with Gasteiger partial charge < -0.3 is 0 Å². The van der Waals surface area contributed by atoms with Crippen LogP contribution in [0.25, 0.3) is 0 Å². The van der Waals surface area contributed by atoms with E-state index >= 15 is 0 Å². The largest absolute Gasteiger partial charge is 0.272 e. The third kappa shape index (κ3) is 4.69. The number of nitrogens with two attached hydrogens (primary N) is 1. The second-order valence-corrected chi connectivity index (χ2v) is 5.40. The van der Waals surface area contributed by atoms with Crippen molar-refractivity contribution in [2.24, 2.45) is 12.9 Å². The molecule has 0 aromatic carbocycles. The molecule has 3 N–H and O–H groups in total. The van der Waals surface area contributed by atoms with E-state index in [2.05, 4.69) is 30.4 Å². The standard InChI is InChI=1S/C12H24N4S/c1-4-6-17-9-11(14-13)8-12-7-10(5-2)15-16(12)3/h7,11,14H,4-6,8-9,13H2,1-3H3. The lowest BCUT2D eigenvalue weighted by Crippen LogP contribution is -2.39. The summed E-state index contributed by atoms with van der Waals surface area (Å²) in [5.41, 5.74) is 5.31. The summed E-state index contributed by atoms with van der Waals surface area (Å²) >= 11 is 1.95. The average molecular weight is 256 g/mol. The maximum atomic E-state index is 5.60. The van der Waals surface area contributed by atoms with E-state index in [4.69, 9.17) is 5.84 Å². The zero-order valence-electron chi connectivity index (χ0n) is 11.1. The van der Waals surface area contributed by atoms with Gasteiger partial charge in [0.2, 0.25) is 0 Å². The van der Waals surface area contributed by atoms with Crippen molar-refractivity contribution in [1.82, 2.24) is 15.2 Å². The topological polar surface area (TPSA) is 55.9 Å². The van der Waals surface area contributed by atoms with Crippen LogP contribution in [0.5, 0.6) is 0 Å². The highest BCUT2D eigenvalue weighted by molar-refractivity contribution is 7.99. The van der Waals surface area contributed by atoms with Crippen LogP contribution in [0.3, 0.4) is 0 Å². The molecule has 4 nitrogen and oxygen atoms in total. The lowest BCUT2D eigenvalue weighted by molar-refractivity contribution is 0.550. The van der Waals surface area contributed by atoms with Crippen molar-refractivity contribution in [2.75, 3.05) is 11.5 Å². The maximum absolute atomic E-state index is 5.60. The molecule has 1 heterocycles. The predicted octanol–water partition coefficient (Wildman–Crippen LogP) is 1.50. The van der Waals surface area contributed by atoms with Crippen molar-refractivity contribution >= 4 is 11.8 Å². The van der Waals surface area contributed by atoms with E-state index < -0.39 is 0 Å². The quantitative estimate of drug-likeness (QED) is 0.420. The predicted molar refractivity (Wildman–Crippen MR) is 75.0 cm³/mol. The van der Waals surface area contributed by atoms with Gasteiger partial charge in [0.25, 0.3) is 0 Å². The van der Waals surface area contributed by atoms with E-state index in [1.165, 1.54) is 17.9 Å². The van der Waals surface area contributed by atoms with Crippen LogP contribution in [0.4, 0.5) is 0 Å². The van der Waals surface area contributed by atoms with E-state index in [1.54, 1.807) is 0 Å². The van der Waals surface area contributed by atoms with Gasteiger partial charge in [-0.3, -0.25) is 16.0 Å². The highest BCUT2D eigenvalue weighted by Gasteiger charge is 2.11. The first kappa shape index (κ1) is 14.5. The molecule has 1 rings (SSSR count). The monoisotopic (exact) mass is 256 g/mol. The molecule has 98 valence electrons. The summed E-state index contributed by atoms with van der Waals surface area (Å²) in [7, 11) is 2.00. The molecular formula is C12H24N4S. The van der Waals surface area contributed by atoms with Crippen LogP contribution < -0.4 is 11.3 Å². The minimum absolute atomic E-state index is 0.326. The number of hydrogen-bond donors (Lipinski definition) is 2. The smallest absolute Gasteiger partial charge is 0.0624 e. The van der Waals surface area contributed by atoms with Gasteiger partial charge in [0.05, 0.1) is 5.69 Å². The second kappa shape index (κ2) is 7.74. The van der Waals surface area contributed by atoms with Crippen LogP contribution in [-0.2, 0) is 19.9 Å². The Kier molecular flexibility index (Phi) is 6.62. The average Bonchev–Trinajstić information content (AvgIpc) is 2.69. The Bertz CT molecular complexity index is 324. The zero-order valence-corrected chi connectivity index (χ0v) is 11.9. The van der Waals surface area contributed by atoms with Crippen molar-refractivity contribution in [1.29, 1.82) is 0 Å². The summed E-state index contributed by atoms with van der Waals surface area (Å²) < 4.78 is 1.97. The fourth-order valence-corrected chi connectivity index (χ4v) is 2.68. The highest BCUT2D eigenvalue weighted by Crippen LogP contribution is 2.11. The van der Waals surface area contributed by atoms with Crippen LogP contribution in [-0.4, -0.2) is 27.3 Å². The van der Waals surface area contributed by atoms with Crippen molar-refractivity contribution in [3.8, 4) is 0 Å². The van der Waals surface area contributed by atoms with Gasteiger partial charge in [0, 0.05) is 31.0 Å². The summed E-state index contributed by atoms with van der Waals surface area (Å²) in [6.45, 7) is 4.33. The summed E-state index contributed by atoms with van der Waals surface area (Å²) in [4.78, 5) is 0. The van der Waals surface area contributed by atoms with E-state index in [-0.39, 0.29) is 0 Å². The molecule has 0 spiro atoms. The van der Waals surface area contributed by atoms with Crippen LogP contribution in [0.1, 0.15) is 31.7 Å². The fourth-order valence-electron chi connectivity index (χ4n) is 1.72. The minimum atomic E-state index is 0.326. The van der Waals surface area contributed by atoms with E-state index in [1.807, 2.05) is 23.5 Å². The molecular weight excluding hydrogens is 232 g/mol.